The van der Waals surface area contributed by atoms with Gasteiger partial charge in [0.1, 0.15) is 0 Å². The molecular formula is C14H14BrNO. The third-order valence-electron chi connectivity index (χ3n) is 3.65. The highest BCUT2D eigenvalue weighted by Crippen LogP contribution is 2.39. The lowest BCUT2D eigenvalue weighted by molar-refractivity contribution is -0.116. The van der Waals surface area contributed by atoms with Gasteiger partial charge >= 0.3 is 0 Å². The van der Waals surface area contributed by atoms with Gasteiger partial charge in [-0.15, -0.1) is 0 Å². The van der Waals surface area contributed by atoms with Crippen molar-refractivity contribution in [2.75, 3.05) is 4.90 Å². The van der Waals surface area contributed by atoms with Crippen LogP contribution in [0.4, 0.5) is 5.69 Å². The fraction of sp³-hybridized carbons (Fsp3) is 0.357. The van der Waals surface area contributed by atoms with E-state index in [1.54, 1.807) is 0 Å². The number of rotatable bonds is 0. The van der Waals surface area contributed by atoms with Crippen molar-refractivity contribution in [3.05, 3.63) is 39.5 Å². The van der Waals surface area contributed by atoms with Crippen LogP contribution in [-0.2, 0) is 11.2 Å². The summed E-state index contributed by atoms with van der Waals surface area (Å²) >= 11 is 3.49. The molecule has 0 unspecified atom stereocenters. The van der Waals surface area contributed by atoms with Crippen LogP contribution in [0.3, 0.4) is 0 Å². The number of halogens is 1. The number of amides is 1. The first kappa shape index (κ1) is 11.0. The van der Waals surface area contributed by atoms with Gasteiger partial charge in [0, 0.05) is 16.6 Å². The summed E-state index contributed by atoms with van der Waals surface area (Å²) in [6.45, 7) is 2.15. The topological polar surface area (TPSA) is 20.3 Å². The number of hydrogen-bond acceptors (Lipinski definition) is 1. The van der Waals surface area contributed by atoms with Crippen LogP contribution in [0, 0.1) is 0 Å². The molecule has 0 saturated carbocycles. The molecule has 3 heteroatoms. The molecule has 3 rings (SSSR count). The van der Waals surface area contributed by atoms with Crippen LogP contribution in [0.5, 0.6) is 0 Å². The van der Waals surface area contributed by atoms with E-state index < -0.39 is 0 Å². The average Bonchev–Trinajstić information content (AvgIpc) is 2.62. The van der Waals surface area contributed by atoms with Gasteiger partial charge in [-0.25, -0.2) is 0 Å². The van der Waals surface area contributed by atoms with E-state index in [1.807, 2.05) is 4.90 Å². The van der Waals surface area contributed by atoms with Crippen LogP contribution in [0.2, 0.25) is 0 Å². The number of fused-ring (bicyclic) bond motifs is 3. The Kier molecular flexibility index (Phi) is 2.58. The van der Waals surface area contributed by atoms with E-state index in [0.717, 1.165) is 29.4 Å². The second-order valence-electron chi connectivity index (χ2n) is 4.73. The fourth-order valence-corrected chi connectivity index (χ4v) is 3.06. The monoisotopic (exact) mass is 291 g/mol. The Morgan fingerprint density at radius 1 is 1.18 bits per heavy atom. The second-order valence-corrected chi connectivity index (χ2v) is 5.64. The maximum absolute atomic E-state index is 12.1. The summed E-state index contributed by atoms with van der Waals surface area (Å²) < 4.78 is 1.04. The number of carbonyl (C=O) groups excluding carboxylic acids is 1. The van der Waals surface area contributed by atoms with Gasteiger partial charge in [-0.1, -0.05) is 27.6 Å². The molecule has 0 aliphatic carbocycles. The minimum absolute atomic E-state index is 0.237. The predicted octanol–water partition coefficient (Wildman–Crippen LogP) is 3.80. The summed E-state index contributed by atoms with van der Waals surface area (Å²) in [5, 5.41) is 0. The molecule has 17 heavy (non-hydrogen) atoms. The summed E-state index contributed by atoms with van der Waals surface area (Å²) in [4.78, 5) is 14.0. The van der Waals surface area contributed by atoms with Gasteiger partial charge < -0.3 is 0 Å². The molecule has 0 atom stereocenters. The lowest BCUT2D eigenvalue weighted by Crippen LogP contribution is -2.23. The van der Waals surface area contributed by atoms with Gasteiger partial charge in [0.2, 0.25) is 5.91 Å². The molecule has 1 aromatic rings. The third kappa shape index (κ3) is 1.73. The smallest absolute Gasteiger partial charge is 0.231 e. The van der Waals surface area contributed by atoms with E-state index in [4.69, 9.17) is 0 Å². The van der Waals surface area contributed by atoms with E-state index in [2.05, 4.69) is 41.1 Å². The summed E-state index contributed by atoms with van der Waals surface area (Å²) in [6.07, 6.45) is 3.64. The molecule has 1 amide bonds. The zero-order valence-electron chi connectivity index (χ0n) is 9.79. The summed E-state index contributed by atoms with van der Waals surface area (Å²) in [5.41, 5.74) is 4.95. The first-order valence-corrected chi connectivity index (χ1v) is 6.76. The van der Waals surface area contributed by atoms with Crippen molar-refractivity contribution in [2.45, 2.75) is 32.6 Å². The molecule has 1 fully saturated rings. The van der Waals surface area contributed by atoms with E-state index in [9.17, 15) is 4.79 Å². The van der Waals surface area contributed by atoms with Crippen LogP contribution in [-0.4, -0.2) is 5.91 Å². The minimum Gasteiger partial charge on any atom is -0.285 e. The Balaban J connectivity index is 2.20. The van der Waals surface area contributed by atoms with Gasteiger partial charge in [-0.2, -0.15) is 0 Å². The van der Waals surface area contributed by atoms with Crippen LogP contribution < -0.4 is 4.90 Å². The first-order chi connectivity index (χ1) is 8.16. The van der Waals surface area contributed by atoms with Crippen molar-refractivity contribution in [3.8, 4) is 0 Å². The molecule has 0 spiro atoms. The van der Waals surface area contributed by atoms with Crippen molar-refractivity contribution in [1.29, 1.82) is 0 Å². The summed E-state index contributed by atoms with van der Waals surface area (Å²) in [6, 6.07) is 6.25. The number of hydrogen-bond donors (Lipinski definition) is 0. The minimum atomic E-state index is 0.237. The zero-order valence-corrected chi connectivity index (χ0v) is 11.4. The quantitative estimate of drug-likeness (QED) is 0.712. The SMILES string of the molecule is CC1=C2CCC(=O)N2c2cc(Br)ccc2CC1. The molecule has 2 aliphatic rings. The maximum Gasteiger partial charge on any atom is 0.231 e. The standard InChI is InChI=1S/C14H14BrNO/c1-9-2-3-10-4-5-11(15)8-13(10)16-12(9)6-7-14(16)17/h4-5,8H,2-3,6-7H2,1H3. The maximum atomic E-state index is 12.1. The highest BCUT2D eigenvalue weighted by Gasteiger charge is 2.31. The highest BCUT2D eigenvalue weighted by atomic mass is 79.9. The molecule has 1 saturated heterocycles. The number of aryl methyl sites for hydroxylation is 1. The molecule has 0 bridgehead atoms. The van der Waals surface area contributed by atoms with Crippen LogP contribution in [0.25, 0.3) is 0 Å². The summed E-state index contributed by atoms with van der Waals surface area (Å²) in [7, 11) is 0. The van der Waals surface area contributed by atoms with E-state index in [0.29, 0.717) is 6.42 Å². The van der Waals surface area contributed by atoms with Crippen molar-refractivity contribution in [3.63, 3.8) is 0 Å². The molecule has 2 nitrogen and oxygen atoms in total. The number of anilines is 1. The van der Waals surface area contributed by atoms with Crippen LogP contribution in [0.15, 0.2) is 33.9 Å². The Morgan fingerprint density at radius 3 is 2.82 bits per heavy atom. The third-order valence-corrected chi connectivity index (χ3v) is 4.14. The van der Waals surface area contributed by atoms with Crippen LogP contribution >= 0.6 is 15.9 Å². The summed E-state index contributed by atoms with van der Waals surface area (Å²) in [5.74, 6) is 0.237. The Labute approximate surface area is 109 Å². The van der Waals surface area contributed by atoms with E-state index in [-0.39, 0.29) is 5.91 Å². The molecule has 0 N–H and O–H groups in total. The number of carbonyl (C=O) groups is 1. The molecule has 2 aliphatic heterocycles. The zero-order chi connectivity index (χ0) is 12.0. The van der Waals surface area contributed by atoms with E-state index >= 15 is 0 Å². The van der Waals surface area contributed by atoms with Gasteiger partial charge in [0.05, 0.1) is 5.69 Å². The second kappa shape index (κ2) is 3.98. The molecule has 2 heterocycles. The molecule has 0 radical (unpaired) electrons. The lowest BCUT2D eigenvalue weighted by atomic mass is 10.0. The normalized spacial score (nSPS) is 19.2. The Bertz CT molecular complexity index is 533. The molecule has 0 aromatic heterocycles. The highest BCUT2D eigenvalue weighted by molar-refractivity contribution is 9.10. The predicted molar refractivity (Wildman–Crippen MR) is 71.9 cm³/mol. The average molecular weight is 292 g/mol. The Hall–Kier alpha value is -1.09. The van der Waals surface area contributed by atoms with Crippen molar-refractivity contribution < 1.29 is 4.79 Å². The van der Waals surface area contributed by atoms with Gasteiger partial charge in [-0.05, 0) is 43.9 Å². The fourth-order valence-electron chi connectivity index (χ4n) is 2.71. The number of allylic oxidation sites excluding steroid dienone is 2. The molecule has 88 valence electrons. The molecule has 1 aromatic carbocycles. The van der Waals surface area contributed by atoms with Crippen LogP contribution in [0.1, 0.15) is 31.7 Å². The van der Waals surface area contributed by atoms with Crippen molar-refractivity contribution >= 4 is 27.5 Å². The largest absolute Gasteiger partial charge is 0.285 e. The van der Waals surface area contributed by atoms with Crippen molar-refractivity contribution in [1.82, 2.24) is 0 Å². The number of benzene rings is 1. The lowest BCUT2D eigenvalue weighted by Gasteiger charge is -2.20. The van der Waals surface area contributed by atoms with Gasteiger partial charge in [0.25, 0.3) is 0 Å². The van der Waals surface area contributed by atoms with Gasteiger partial charge in [-0.3, -0.25) is 9.69 Å². The first-order valence-electron chi connectivity index (χ1n) is 5.97. The molecular weight excluding hydrogens is 278 g/mol. The van der Waals surface area contributed by atoms with Gasteiger partial charge in [0.15, 0.2) is 0 Å². The Morgan fingerprint density at radius 2 is 2.00 bits per heavy atom. The van der Waals surface area contributed by atoms with Crippen molar-refractivity contribution in [2.24, 2.45) is 0 Å². The number of nitrogens with zero attached hydrogens (tertiary/aromatic N) is 1. The van der Waals surface area contributed by atoms with E-state index in [1.165, 1.54) is 16.8 Å².